The lowest BCUT2D eigenvalue weighted by Crippen LogP contribution is -2.11. The molecule has 0 saturated heterocycles. The predicted octanol–water partition coefficient (Wildman–Crippen LogP) is 5.72. The van der Waals surface area contributed by atoms with Crippen LogP contribution < -0.4 is 5.32 Å². The number of halogens is 3. The summed E-state index contributed by atoms with van der Waals surface area (Å²) < 4.78 is 39.4. The lowest BCUT2D eigenvalue weighted by Gasteiger charge is -2.15. The number of anilines is 1. The number of hydrogen-bond donors (Lipinski definition) is 2. The first-order chi connectivity index (χ1) is 12.9. The number of phenols is 1. The molecule has 0 atom stereocenters. The molecule has 4 aromatic rings. The molecule has 3 nitrogen and oxygen atoms in total. The molecular weight excluding hydrogens is 353 g/mol. The topological polar surface area (TPSA) is 45.1 Å². The van der Waals surface area contributed by atoms with Crippen LogP contribution in [-0.2, 0) is 12.7 Å². The summed E-state index contributed by atoms with van der Waals surface area (Å²) in [5.41, 5.74) is 1.21. The van der Waals surface area contributed by atoms with Crippen LogP contribution in [0.25, 0.3) is 21.8 Å². The Balaban J connectivity index is 1.69. The van der Waals surface area contributed by atoms with Crippen LogP contribution in [0.2, 0.25) is 0 Å². The van der Waals surface area contributed by atoms with Gasteiger partial charge in [0.1, 0.15) is 5.75 Å². The van der Waals surface area contributed by atoms with Gasteiger partial charge in [0.25, 0.3) is 0 Å². The first kappa shape index (κ1) is 17.1. The van der Waals surface area contributed by atoms with Crippen molar-refractivity contribution in [1.29, 1.82) is 0 Å². The Morgan fingerprint density at radius 2 is 1.63 bits per heavy atom. The summed E-state index contributed by atoms with van der Waals surface area (Å²) in [5, 5.41) is 14.9. The van der Waals surface area contributed by atoms with Gasteiger partial charge in [-0.1, -0.05) is 36.4 Å². The first-order valence-corrected chi connectivity index (χ1v) is 8.34. The van der Waals surface area contributed by atoms with Gasteiger partial charge in [0.2, 0.25) is 0 Å². The van der Waals surface area contributed by atoms with E-state index in [0.29, 0.717) is 16.6 Å². The van der Waals surface area contributed by atoms with E-state index in [1.54, 1.807) is 18.2 Å². The zero-order valence-electron chi connectivity index (χ0n) is 14.1. The number of fused-ring (bicyclic) bond motifs is 2. The Kier molecular flexibility index (Phi) is 4.11. The molecular formula is C21H15F3N2O. The standard InChI is InChI=1S/C21H15F3N2O/c22-21(23,24)16-7-3-1-6-14(16)12-25-19-10-9-18-15(20(19)27)11-13-5-2-4-8-17(13)26-18/h1-11,25,27H,12H2. The normalized spacial score (nSPS) is 11.8. The van der Waals surface area contributed by atoms with Gasteiger partial charge in [0.05, 0.1) is 22.3 Å². The molecule has 0 radical (unpaired) electrons. The zero-order chi connectivity index (χ0) is 19.0. The minimum absolute atomic E-state index is 0.0322. The monoisotopic (exact) mass is 368 g/mol. The molecule has 0 unspecified atom stereocenters. The van der Waals surface area contributed by atoms with Gasteiger partial charge in [-0.15, -0.1) is 0 Å². The van der Waals surface area contributed by atoms with E-state index < -0.39 is 11.7 Å². The van der Waals surface area contributed by atoms with Crippen LogP contribution >= 0.6 is 0 Å². The Morgan fingerprint density at radius 3 is 2.44 bits per heavy atom. The molecule has 27 heavy (non-hydrogen) atoms. The number of aromatic hydroxyl groups is 1. The van der Waals surface area contributed by atoms with Gasteiger partial charge >= 0.3 is 6.18 Å². The molecule has 6 heteroatoms. The zero-order valence-corrected chi connectivity index (χ0v) is 14.1. The second kappa shape index (κ2) is 6.46. The van der Waals surface area contributed by atoms with Crippen molar-refractivity contribution in [3.8, 4) is 5.75 Å². The summed E-state index contributed by atoms with van der Waals surface area (Å²) >= 11 is 0. The highest BCUT2D eigenvalue weighted by atomic mass is 19.4. The van der Waals surface area contributed by atoms with E-state index in [9.17, 15) is 18.3 Å². The number of phenolic OH excluding ortho intramolecular Hbond substituents is 1. The molecule has 0 fully saturated rings. The molecule has 4 rings (SSSR count). The van der Waals surface area contributed by atoms with E-state index in [-0.39, 0.29) is 17.9 Å². The smallest absolute Gasteiger partial charge is 0.416 e. The Bertz CT molecular complexity index is 1140. The summed E-state index contributed by atoms with van der Waals surface area (Å²) in [6.07, 6.45) is -4.42. The minimum atomic E-state index is -4.42. The van der Waals surface area contributed by atoms with Gasteiger partial charge in [-0.3, -0.25) is 0 Å². The highest BCUT2D eigenvalue weighted by molar-refractivity contribution is 5.98. The van der Waals surface area contributed by atoms with Gasteiger partial charge in [-0.25, -0.2) is 4.98 Å². The molecule has 1 aromatic heterocycles. The van der Waals surface area contributed by atoms with Crippen molar-refractivity contribution >= 4 is 27.5 Å². The van der Waals surface area contributed by atoms with Crippen LogP contribution in [0.15, 0.2) is 66.7 Å². The lowest BCUT2D eigenvalue weighted by atomic mass is 10.1. The highest BCUT2D eigenvalue weighted by Crippen LogP contribution is 2.35. The molecule has 0 amide bonds. The number of pyridine rings is 1. The molecule has 3 aromatic carbocycles. The third-order valence-corrected chi connectivity index (χ3v) is 4.46. The maximum Gasteiger partial charge on any atom is 0.416 e. The molecule has 0 bridgehead atoms. The molecule has 0 saturated carbocycles. The minimum Gasteiger partial charge on any atom is -0.505 e. The van der Waals surface area contributed by atoms with E-state index in [1.807, 2.05) is 30.3 Å². The van der Waals surface area contributed by atoms with Crippen molar-refractivity contribution < 1.29 is 18.3 Å². The largest absolute Gasteiger partial charge is 0.505 e. The van der Waals surface area contributed by atoms with Gasteiger partial charge in [0.15, 0.2) is 0 Å². The molecule has 0 spiro atoms. The second-order valence-electron chi connectivity index (χ2n) is 6.22. The maximum absolute atomic E-state index is 13.1. The highest BCUT2D eigenvalue weighted by Gasteiger charge is 2.32. The fourth-order valence-corrected chi connectivity index (χ4v) is 3.12. The van der Waals surface area contributed by atoms with Gasteiger partial charge in [-0.05, 0) is 35.9 Å². The van der Waals surface area contributed by atoms with Crippen LogP contribution in [0.1, 0.15) is 11.1 Å². The van der Waals surface area contributed by atoms with Crippen LogP contribution in [-0.4, -0.2) is 10.1 Å². The summed E-state index contributed by atoms with van der Waals surface area (Å²) in [7, 11) is 0. The van der Waals surface area contributed by atoms with Crippen molar-refractivity contribution in [3.63, 3.8) is 0 Å². The van der Waals surface area contributed by atoms with E-state index in [1.165, 1.54) is 12.1 Å². The summed E-state index contributed by atoms with van der Waals surface area (Å²) in [4.78, 5) is 4.51. The summed E-state index contributed by atoms with van der Waals surface area (Å²) in [6.45, 7) is -0.0598. The number of hydrogen-bond acceptors (Lipinski definition) is 3. The third-order valence-electron chi connectivity index (χ3n) is 4.46. The van der Waals surface area contributed by atoms with Crippen molar-refractivity contribution in [2.45, 2.75) is 12.7 Å². The van der Waals surface area contributed by atoms with Crippen molar-refractivity contribution in [3.05, 3.63) is 77.9 Å². The van der Waals surface area contributed by atoms with E-state index in [0.717, 1.165) is 17.0 Å². The van der Waals surface area contributed by atoms with Crippen molar-refractivity contribution in [1.82, 2.24) is 4.98 Å². The molecule has 136 valence electrons. The number of nitrogens with one attached hydrogen (secondary N) is 1. The molecule has 0 aliphatic rings. The molecule has 0 aliphatic heterocycles. The summed E-state index contributed by atoms with van der Waals surface area (Å²) in [5.74, 6) is -0.0322. The van der Waals surface area contributed by atoms with Gasteiger partial charge < -0.3 is 10.4 Å². The van der Waals surface area contributed by atoms with E-state index >= 15 is 0 Å². The quantitative estimate of drug-likeness (QED) is 0.359. The predicted molar refractivity (Wildman–Crippen MR) is 99.7 cm³/mol. The number of nitrogens with zero attached hydrogens (tertiary/aromatic N) is 1. The fraction of sp³-hybridized carbons (Fsp3) is 0.0952. The molecule has 0 aliphatic carbocycles. The number of aromatic nitrogens is 1. The SMILES string of the molecule is Oc1c(NCc2ccccc2C(F)(F)F)ccc2nc3ccccc3cc12. The van der Waals surface area contributed by atoms with Crippen LogP contribution in [0.5, 0.6) is 5.75 Å². The van der Waals surface area contributed by atoms with Crippen LogP contribution in [0.4, 0.5) is 18.9 Å². The average molecular weight is 368 g/mol. The van der Waals surface area contributed by atoms with Crippen molar-refractivity contribution in [2.24, 2.45) is 0 Å². The fourth-order valence-electron chi connectivity index (χ4n) is 3.12. The number of benzene rings is 3. The van der Waals surface area contributed by atoms with Crippen LogP contribution in [0, 0.1) is 0 Å². The average Bonchev–Trinajstić information content (AvgIpc) is 2.66. The van der Waals surface area contributed by atoms with E-state index in [4.69, 9.17) is 0 Å². The first-order valence-electron chi connectivity index (χ1n) is 8.34. The lowest BCUT2D eigenvalue weighted by molar-refractivity contribution is -0.138. The maximum atomic E-state index is 13.1. The number of para-hydroxylation sites is 1. The van der Waals surface area contributed by atoms with Gasteiger partial charge in [0, 0.05) is 17.3 Å². The third kappa shape index (κ3) is 3.26. The van der Waals surface area contributed by atoms with E-state index in [2.05, 4.69) is 10.3 Å². The Morgan fingerprint density at radius 1 is 0.889 bits per heavy atom. The molecule has 1 heterocycles. The second-order valence-corrected chi connectivity index (χ2v) is 6.22. The number of rotatable bonds is 3. The Hall–Kier alpha value is -3.28. The summed E-state index contributed by atoms with van der Waals surface area (Å²) in [6, 6.07) is 18.1. The Labute approximate surface area is 153 Å². The molecule has 2 N–H and O–H groups in total. The van der Waals surface area contributed by atoms with Gasteiger partial charge in [-0.2, -0.15) is 13.2 Å². The number of alkyl halides is 3. The van der Waals surface area contributed by atoms with Crippen LogP contribution in [0.3, 0.4) is 0 Å². The van der Waals surface area contributed by atoms with Crippen molar-refractivity contribution in [2.75, 3.05) is 5.32 Å².